The minimum atomic E-state index is -2.84. The van der Waals surface area contributed by atoms with Crippen LogP contribution in [-0.2, 0) is 18.3 Å². The van der Waals surface area contributed by atoms with Gasteiger partial charge >= 0.3 is 6.61 Å². The smallest absolute Gasteiger partial charge is 0.387 e. The molecule has 1 aromatic heterocycles. The first-order chi connectivity index (χ1) is 13.5. The highest BCUT2D eigenvalue weighted by atomic mass is 127. The van der Waals surface area contributed by atoms with Gasteiger partial charge in [-0.1, -0.05) is 12.1 Å². The summed E-state index contributed by atoms with van der Waals surface area (Å²) >= 11 is 0. The number of ether oxygens (including phenoxy) is 2. The van der Waals surface area contributed by atoms with Crippen LogP contribution in [0, 0.1) is 0 Å². The van der Waals surface area contributed by atoms with E-state index in [2.05, 4.69) is 25.0 Å². The monoisotopic (exact) mass is 521 g/mol. The minimum absolute atomic E-state index is 0. The molecule has 2 heterocycles. The Morgan fingerprint density at radius 3 is 2.97 bits per heavy atom. The molecule has 0 amide bonds. The molecular formula is C19H26F2IN5O2. The van der Waals surface area contributed by atoms with E-state index >= 15 is 0 Å². The summed E-state index contributed by atoms with van der Waals surface area (Å²) in [6.07, 6.45) is 3.69. The molecule has 1 atom stereocenters. The molecule has 10 heteroatoms. The van der Waals surface area contributed by atoms with E-state index in [0.29, 0.717) is 19.7 Å². The Hall–Kier alpha value is -1.95. The van der Waals surface area contributed by atoms with Crippen molar-refractivity contribution in [3.8, 4) is 5.75 Å². The fourth-order valence-corrected chi connectivity index (χ4v) is 3.06. The molecular weight excluding hydrogens is 495 g/mol. The molecule has 2 aromatic rings. The molecule has 0 radical (unpaired) electrons. The average molecular weight is 521 g/mol. The number of aliphatic imine (C=N–C) groups is 1. The summed E-state index contributed by atoms with van der Waals surface area (Å²) < 4.78 is 36.9. The van der Waals surface area contributed by atoms with E-state index in [1.807, 2.05) is 32.4 Å². The zero-order valence-electron chi connectivity index (χ0n) is 16.4. The quantitative estimate of drug-likeness (QED) is 0.360. The van der Waals surface area contributed by atoms with Gasteiger partial charge in [-0.05, 0) is 24.6 Å². The zero-order chi connectivity index (χ0) is 19.9. The second-order valence-electron chi connectivity index (χ2n) is 6.45. The fourth-order valence-electron chi connectivity index (χ4n) is 3.06. The fraction of sp³-hybridized carbons (Fsp3) is 0.474. The number of morpholine rings is 1. The van der Waals surface area contributed by atoms with E-state index in [1.165, 1.54) is 6.07 Å². The van der Waals surface area contributed by atoms with Gasteiger partial charge in [0.25, 0.3) is 0 Å². The van der Waals surface area contributed by atoms with Crippen LogP contribution in [0.1, 0.15) is 24.2 Å². The second-order valence-corrected chi connectivity index (χ2v) is 6.45. The molecule has 0 bridgehead atoms. The van der Waals surface area contributed by atoms with Crippen molar-refractivity contribution in [1.29, 1.82) is 0 Å². The van der Waals surface area contributed by atoms with Crippen molar-refractivity contribution in [3.63, 3.8) is 0 Å². The number of aromatic nitrogens is 2. The Kier molecular flexibility index (Phi) is 9.08. The minimum Gasteiger partial charge on any atom is -0.435 e. The summed E-state index contributed by atoms with van der Waals surface area (Å²) in [6, 6.07) is 6.60. The maximum absolute atomic E-state index is 12.4. The van der Waals surface area contributed by atoms with Crippen molar-refractivity contribution in [3.05, 3.63) is 47.8 Å². The van der Waals surface area contributed by atoms with Crippen LogP contribution >= 0.6 is 24.0 Å². The molecule has 7 nitrogen and oxygen atoms in total. The normalized spacial score (nSPS) is 17.2. The number of nitrogens with one attached hydrogen (secondary N) is 1. The molecule has 0 spiro atoms. The maximum Gasteiger partial charge on any atom is 0.387 e. The highest BCUT2D eigenvalue weighted by Crippen LogP contribution is 2.22. The summed E-state index contributed by atoms with van der Waals surface area (Å²) in [4.78, 5) is 6.82. The van der Waals surface area contributed by atoms with E-state index < -0.39 is 6.61 Å². The van der Waals surface area contributed by atoms with Crippen molar-refractivity contribution < 1.29 is 18.3 Å². The maximum atomic E-state index is 12.4. The predicted octanol–water partition coefficient (Wildman–Crippen LogP) is 3.18. The second kappa shape index (κ2) is 11.3. The van der Waals surface area contributed by atoms with Crippen LogP contribution < -0.4 is 10.1 Å². The van der Waals surface area contributed by atoms with Gasteiger partial charge in [-0.3, -0.25) is 4.68 Å². The number of nitrogens with zero attached hydrogens (tertiary/aromatic N) is 4. The van der Waals surface area contributed by atoms with Gasteiger partial charge in [-0.2, -0.15) is 13.9 Å². The first-order valence-corrected chi connectivity index (χ1v) is 9.22. The van der Waals surface area contributed by atoms with Gasteiger partial charge in [-0.15, -0.1) is 24.0 Å². The Labute approximate surface area is 186 Å². The van der Waals surface area contributed by atoms with Gasteiger partial charge in [0, 0.05) is 31.9 Å². The summed E-state index contributed by atoms with van der Waals surface area (Å²) in [7, 11) is 1.88. The van der Waals surface area contributed by atoms with Crippen LogP contribution in [-0.4, -0.2) is 53.5 Å². The molecule has 0 aliphatic carbocycles. The Morgan fingerprint density at radius 1 is 1.45 bits per heavy atom. The van der Waals surface area contributed by atoms with Gasteiger partial charge in [0.05, 0.1) is 25.9 Å². The van der Waals surface area contributed by atoms with E-state index in [9.17, 15) is 8.78 Å². The van der Waals surface area contributed by atoms with Crippen molar-refractivity contribution in [2.75, 3.05) is 26.2 Å². The third-order valence-corrected chi connectivity index (χ3v) is 4.33. The Balaban J connectivity index is 0.00000300. The summed E-state index contributed by atoms with van der Waals surface area (Å²) in [6.45, 7) is 2.21. The van der Waals surface area contributed by atoms with E-state index in [1.54, 1.807) is 16.8 Å². The van der Waals surface area contributed by atoms with Crippen LogP contribution in [0.5, 0.6) is 5.75 Å². The molecule has 1 N–H and O–H groups in total. The third kappa shape index (κ3) is 6.81. The van der Waals surface area contributed by atoms with Crippen molar-refractivity contribution in [1.82, 2.24) is 20.0 Å². The van der Waals surface area contributed by atoms with Crippen LogP contribution in [0.3, 0.4) is 0 Å². The van der Waals surface area contributed by atoms with Gasteiger partial charge in [0.2, 0.25) is 0 Å². The van der Waals surface area contributed by atoms with Gasteiger partial charge in [-0.25, -0.2) is 4.99 Å². The lowest BCUT2D eigenvalue weighted by Gasteiger charge is -2.34. The molecule has 1 fully saturated rings. The number of hydrogen-bond donors (Lipinski definition) is 1. The van der Waals surface area contributed by atoms with E-state index in [4.69, 9.17) is 4.74 Å². The summed E-state index contributed by atoms with van der Waals surface area (Å²) in [5, 5.41) is 7.50. The molecule has 0 saturated carbocycles. The largest absolute Gasteiger partial charge is 0.435 e. The Morgan fingerprint density at radius 2 is 2.28 bits per heavy atom. The lowest BCUT2D eigenvalue weighted by molar-refractivity contribution is -0.0498. The SMILES string of the molecule is CCNC(=NCc1cccc(OC(F)F)c1)N1CCOC(c2cnn(C)c2)C1.I. The molecule has 1 aliphatic heterocycles. The van der Waals surface area contributed by atoms with Crippen molar-refractivity contribution >= 4 is 29.9 Å². The summed E-state index contributed by atoms with van der Waals surface area (Å²) in [5.41, 5.74) is 1.82. The molecule has 160 valence electrons. The van der Waals surface area contributed by atoms with Crippen LogP contribution in [0.15, 0.2) is 41.7 Å². The van der Waals surface area contributed by atoms with Crippen molar-refractivity contribution in [2.24, 2.45) is 12.0 Å². The number of benzene rings is 1. The van der Waals surface area contributed by atoms with E-state index in [-0.39, 0.29) is 35.8 Å². The molecule has 3 rings (SSSR count). The highest BCUT2D eigenvalue weighted by molar-refractivity contribution is 14.0. The molecule has 1 saturated heterocycles. The van der Waals surface area contributed by atoms with Gasteiger partial charge < -0.3 is 19.7 Å². The molecule has 1 aromatic carbocycles. The molecule has 1 unspecified atom stereocenters. The topological polar surface area (TPSA) is 63.9 Å². The average Bonchev–Trinajstić information content (AvgIpc) is 3.11. The van der Waals surface area contributed by atoms with Gasteiger partial charge in [0.15, 0.2) is 5.96 Å². The third-order valence-electron chi connectivity index (χ3n) is 4.33. The van der Waals surface area contributed by atoms with Crippen molar-refractivity contribution in [2.45, 2.75) is 26.2 Å². The lowest BCUT2D eigenvalue weighted by atomic mass is 10.1. The molecule has 29 heavy (non-hydrogen) atoms. The number of aryl methyl sites for hydroxylation is 1. The first kappa shape index (κ1) is 23.3. The predicted molar refractivity (Wildman–Crippen MR) is 117 cm³/mol. The van der Waals surface area contributed by atoms with Gasteiger partial charge in [0.1, 0.15) is 11.9 Å². The van der Waals surface area contributed by atoms with Crippen LogP contribution in [0.2, 0.25) is 0 Å². The first-order valence-electron chi connectivity index (χ1n) is 9.22. The Bertz CT molecular complexity index is 802. The standard InChI is InChI=1S/C19H25F2N5O2.HI/c1-3-22-19(23-10-14-5-4-6-16(9-14)28-18(20)21)26-7-8-27-17(13-26)15-11-24-25(2)12-15;/h4-6,9,11-12,17-18H,3,7-8,10,13H2,1-2H3,(H,22,23);1H. The summed E-state index contributed by atoms with van der Waals surface area (Å²) in [5.74, 6) is 0.899. The molecule has 1 aliphatic rings. The number of guanidine groups is 1. The van der Waals surface area contributed by atoms with Crippen LogP contribution in [0.25, 0.3) is 0 Å². The number of halogens is 3. The number of rotatable bonds is 6. The zero-order valence-corrected chi connectivity index (χ0v) is 18.8. The number of alkyl halides is 2. The van der Waals surface area contributed by atoms with E-state index in [0.717, 1.165) is 30.2 Å². The number of hydrogen-bond acceptors (Lipinski definition) is 4. The highest BCUT2D eigenvalue weighted by Gasteiger charge is 2.25. The van der Waals surface area contributed by atoms with Crippen LogP contribution in [0.4, 0.5) is 8.78 Å². The lowest BCUT2D eigenvalue weighted by Crippen LogP contribution is -2.48.